The highest BCUT2D eigenvalue weighted by Gasteiger charge is 2.16. The molecule has 1 saturated carbocycles. The van der Waals surface area contributed by atoms with Crippen molar-refractivity contribution in [1.29, 1.82) is 0 Å². The second-order valence-corrected chi connectivity index (χ2v) is 5.59. The van der Waals surface area contributed by atoms with Gasteiger partial charge in [-0.25, -0.2) is 0 Å². The number of benzene rings is 2. The summed E-state index contributed by atoms with van der Waals surface area (Å²) in [5.41, 5.74) is 7.49. The van der Waals surface area contributed by atoms with Gasteiger partial charge >= 0.3 is 0 Å². The Labute approximate surface area is 142 Å². The monoisotopic (exact) mass is 332 g/mol. The van der Waals surface area contributed by atoms with E-state index in [1.54, 1.807) is 18.2 Å². The van der Waals surface area contributed by atoms with E-state index in [4.69, 9.17) is 10.5 Å². The molecule has 0 aliphatic heterocycles. The second-order valence-electron chi connectivity index (χ2n) is 5.59. The van der Waals surface area contributed by atoms with Gasteiger partial charge in [-0.1, -0.05) is 18.2 Å². The number of halogens is 1. The molecule has 0 spiro atoms. The van der Waals surface area contributed by atoms with Crippen molar-refractivity contribution in [2.75, 3.05) is 11.1 Å². The first-order valence-electron chi connectivity index (χ1n) is 7.65. The molecule has 0 radical (unpaired) electrons. The largest absolute Gasteiger partial charge is 0.490 e. The first-order chi connectivity index (χ1) is 10.7. The minimum Gasteiger partial charge on any atom is -0.490 e. The van der Waals surface area contributed by atoms with Crippen molar-refractivity contribution in [2.24, 2.45) is 0 Å². The number of anilines is 2. The summed E-state index contributed by atoms with van der Waals surface area (Å²) >= 11 is 0. The summed E-state index contributed by atoms with van der Waals surface area (Å²) in [6, 6.07) is 14.5. The van der Waals surface area contributed by atoms with Crippen LogP contribution in [0.25, 0.3) is 0 Å². The normalized spacial score (nSPS) is 14.1. The Morgan fingerprint density at radius 3 is 2.57 bits per heavy atom. The van der Waals surface area contributed by atoms with Crippen molar-refractivity contribution in [3.8, 4) is 5.75 Å². The van der Waals surface area contributed by atoms with Gasteiger partial charge in [0.05, 0.1) is 11.7 Å². The van der Waals surface area contributed by atoms with Gasteiger partial charge in [-0.05, 0) is 49.9 Å². The molecule has 1 aliphatic rings. The molecule has 3 N–H and O–H groups in total. The maximum Gasteiger partial charge on any atom is 0.257 e. The summed E-state index contributed by atoms with van der Waals surface area (Å²) in [7, 11) is 0. The first-order valence-corrected chi connectivity index (χ1v) is 7.65. The van der Waals surface area contributed by atoms with Gasteiger partial charge in [-0.2, -0.15) is 0 Å². The minimum atomic E-state index is -0.212. The van der Waals surface area contributed by atoms with E-state index in [0.717, 1.165) is 18.6 Å². The van der Waals surface area contributed by atoms with Gasteiger partial charge in [0.15, 0.2) is 0 Å². The van der Waals surface area contributed by atoms with Crippen LogP contribution < -0.4 is 15.8 Å². The van der Waals surface area contributed by atoms with E-state index in [1.807, 2.05) is 30.3 Å². The number of rotatable bonds is 4. The predicted molar refractivity (Wildman–Crippen MR) is 95.4 cm³/mol. The van der Waals surface area contributed by atoms with Crippen LogP contribution in [0.2, 0.25) is 0 Å². The molecule has 0 aromatic heterocycles. The average Bonchev–Trinajstić information content (AvgIpc) is 3.01. The summed E-state index contributed by atoms with van der Waals surface area (Å²) in [5.74, 6) is 0.585. The van der Waals surface area contributed by atoms with Gasteiger partial charge in [-0.3, -0.25) is 4.79 Å². The van der Waals surface area contributed by atoms with E-state index in [-0.39, 0.29) is 18.3 Å². The number of carbonyl (C=O) groups excluding carboxylic acids is 1. The van der Waals surface area contributed by atoms with Crippen LogP contribution in [-0.4, -0.2) is 12.0 Å². The first kappa shape index (κ1) is 17.2. The Hall–Kier alpha value is -2.20. The highest BCUT2D eigenvalue weighted by Crippen LogP contribution is 2.26. The van der Waals surface area contributed by atoms with Gasteiger partial charge in [0.25, 0.3) is 5.91 Å². The van der Waals surface area contributed by atoms with Gasteiger partial charge in [0, 0.05) is 17.4 Å². The fraction of sp³-hybridized carbons (Fsp3) is 0.278. The van der Waals surface area contributed by atoms with Crippen LogP contribution >= 0.6 is 12.4 Å². The molecule has 0 unspecified atom stereocenters. The molecule has 5 heteroatoms. The molecule has 2 aromatic carbocycles. The highest BCUT2D eigenvalue weighted by molar-refractivity contribution is 6.07. The van der Waals surface area contributed by atoms with E-state index >= 15 is 0 Å². The van der Waals surface area contributed by atoms with E-state index in [9.17, 15) is 4.79 Å². The number of hydrogen-bond donors (Lipinski definition) is 2. The van der Waals surface area contributed by atoms with Crippen LogP contribution in [-0.2, 0) is 0 Å². The quantitative estimate of drug-likeness (QED) is 0.822. The van der Waals surface area contributed by atoms with Crippen LogP contribution in [0.1, 0.15) is 36.0 Å². The molecular weight excluding hydrogens is 312 g/mol. The Morgan fingerprint density at radius 1 is 1.09 bits per heavy atom. The molecule has 4 nitrogen and oxygen atoms in total. The molecule has 122 valence electrons. The number of nitrogen functional groups attached to an aromatic ring is 1. The lowest BCUT2D eigenvalue weighted by molar-refractivity contribution is 0.102. The molecule has 3 rings (SSSR count). The third kappa shape index (κ3) is 4.39. The lowest BCUT2D eigenvalue weighted by Crippen LogP contribution is -2.14. The van der Waals surface area contributed by atoms with Crippen LogP contribution in [0.3, 0.4) is 0 Å². The van der Waals surface area contributed by atoms with Crippen molar-refractivity contribution in [3.63, 3.8) is 0 Å². The molecule has 0 heterocycles. The van der Waals surface area contributed by atoms with Crippen molar-refractivity contribution >= 4 is 29.7 Å². The van der Waals surface area contributed by atoms with E-state index in [2.05, 4.69) is 5.32 Å². The van der Waals surface area contributed by atoms with Crippen LogP contribution in [0.4, 0.5) is 11.4 Å². The number of nitrogens with two attached hydrogens (primary N) is 1. The smallest absolute Gasteiger partial charge is 0.257 e. The number of hydrogen-bond acceptors (Lipinski definition) is 3. The molecule has 0 saturated heterocycles. The second kappa shape index (κ2) is 7.88. The van der Waals surface area contributed by atoms with Crippen molar-refractivity contribution in [2.45, 2.75) is 31.8 Å². The molecule has 1 fully saturated rings. The average molecular weight is 333 g/mol. The fourth-order valence-electron chi connectivity index (χ4n) is 2.75. The fourth-order valence-corrected chi connectivity index (χ4v) is 2.75. The maximum absolute atomic E-state index is 12.3. The summed E-state index contributed by atoms with van der Waals surface area (Å²) in [6.07, 6.45) is 4.98. The zero-order chi connectivity index (χ0) is 15.4. The third-order valence-corrected chi connectivity index (χ3v) is 3.90. The van der Waals surface area contributed by atoms with Gasteiger partial charge < -0.3 is 15.8 Å². The molecule has 2 aromatic rings. The number of amides is 1. The number of carbonyl (C=O) groups is 1. The Balaban J connectivity index is 0.00000192. The van der Waals surface area contributed by atoms with E-state index in [0.29, 0.717) is 23.0 Å². The maximum atomic E-state index is 12.3. The Kier molecular flexibility index (Phi) is 5.88. The summed E-state index contributed by atoms with van der Waals surface area (Å²) < 4.78 is 5.95. The summed E-state index contributed by atoms with van der Waals surface area (Å²) in [5, 5.41) is 2.87. The Bertz CT molecular complexity index is 670. The molecular formula is C18H21ClN2O2. The van der Waals surface area contributed by atoms with Crippen LogP contribution in [0.15, 0.2) is 48.5 Å². The molecule has 23 heavy (non-hydrogen) atoms. The predicted octanol–water partition coefficient (Wildman–Crippen LogP) is 4.26. The number of para-hydroxylation sites is 1. The van der Waals surface area contributed by atoms with Crippen LogP contribution in [0.5, 0.6) is 5.75 Å². The van der Waals surface area contributed by atoms with Gasteiger partial charge in [-0.15, -0.1) is 12.4 Å². The molecule has 1 aliphatic carbocycles. The topological polar surface area (TPSA) is 64.4 Å². The lowest BCUT2D eigenvalue weighted by atomic mass is 10.1. The molecule has 1 amide bonds. The van der Waals surface area contributed by atoms with E-state index < -0.39 is 0 Å². The number of ether oxygens (including phenoxy) is 1. The minimum absolute atomic E-state index is 0. The van der Waals surface area contributed by atoms with Gasteiger partial charge in [0.1, 0.15) is 5.75 Å². The van der Waals surface area contributed by atoms with Crippen LogP contribution in [0, 0.1) is 0 Å². The van der Waals surface area contributed by atoms with Crippen molar-refractivity contribution < 1.29 is 9.53 Å². The zero-order valence-electron chi connectivity index (χ0n) is 12.8. The zero-order valence-corrected chi connectivity index (χ0v) is 13.6. The Morgan fingerprint density at radius 2 is 1.83 bits per heavy atom. The SMILES string of the molecule is Cl.Nc1ccccc1C(=O)Nc1cccc(OC2CCCC2)c1. The highest BCUT2D eigenvalue weighted by atomic mass is 35.5. The van der Waals surface area contributed by atoms with Gasteiger partial charge in [0.2, 0.25) is 0 Å². The lowest BCUT2D eigenvalue weighted by Gasteiger charge is -2.14. The van der Waals surface area contributed by atoms with Crippen molar-refractivity contribution in [1.82, 2.24) is 0 Å². The standard InChI is InChI=1S/C18H20N2O2.ClH/c19-17-11-4-3-10-16(17)18(21)20-13-6-5-9-15(12-13)22-14-7-1-2-8-14;/h3-6,9-12,14H,1-2,7-8,19H2,(H,20,21);1H. The van der Waals surface area contributed by atoms with Crippen molar-refractivity contribution in [3.05, 3.63) is 54.1 Å². The third-order valence-electron chi connectivity index (χ3n) is 3.90. The summed E-state index contributed by atoms with van der Waals surface area (Å²) in [6.45, 7) is 0. The van der Waals surface area contributed by atoms with E-state index in [1.165, 1.54) is 12.8 Å². The molecule has 0 bridgehead atoms. The molecule has 0 atom stereocenters. The number of nitrogens with one attached hydrogen (secondary N) is 1. The summed E-state index contributed by atoms with van der Waals surface area (Å²) in [4.78, 5) is 12.3.